The molecule has 0 saturated heterocycles. The van der Waals surface area contributed by atoms with Gasteiger partial charge in [-0.1, -0.05) is 60.2 Å². The highest BCUT2D eigenvalue weighted by molar-refractivity contribution is 6.35. The lowest BCUT2D eigenvalue weighted by Crippen LogP contribution is -2.39. The molecule has 0 fully saturated rings. The van der Waals surface area contributed by atoms with E-state index < -0.39 is 11.8 Å². The van der Waals surface area contributed by atoms with Gasteiger partial charge in [-0.3, -0.25) is 9.59 Å². The first-order valence-corrected chi connectivity index (χ1v) is 9.88. The third-order valence-electron chi connectivity index (χ3n) is 4.60. The molecular weight excluding hydrogens is 394 g/mol. The zero-order chi connectivity index (χ0) is 22.1. The smallest absolute Gasteiger partial charge is 0.329 e. The molecule has 0 radical (unpaired) electrons. The van der Waals surface area contributed by atoms with Crippen LogP contribution in [0.15, 0.2) is 65.8 Å². The normalized spacial score (nSPS) is 10.9. The number of hydrogen-bond acceptors (Lipinski definition) is 5. The Kier molecular flexibility index (Phi) is 7.73. The van der Waals surface area contributed by atoms with Crippen LogP contribution in [0.1, 0.15) is 16.7 Å². The molecule has 0 bridgehead atoms. The Morgan fingerprint density at radius 2 is 1.77 bits per heavy atom. The third-order valence-corrected chi connectivity index (χ3v) is 4.60. The molecule has 0 saturated carbocycles. The van der Waals surface area contributed by atoms with Crippen LogP contribution >= 0.6 is 0 Å². The summed E-state index contributed by atoms with van der Waals surface area (Å²) in [7, 11) is 1.51. The van der Waals surface area contributed by atoms with Crippen molar-refractivity contribution < 1.29 is 19.1 Å². The molecule has 0 aliphatic rings. The molecule has 3 aromatic carbocycles. The minimum absolute atomic E-state index is 0.243. The molecule has 3 aromatic rings. The minimum Gasteiger partial charge on any atom is -0.488 e. The van der Waals surface area contributed by atoms with Gasteiger partial charge in [0, 0.05) is 19.2 Å². The molecule has 0 aliphatic heterocycles. The van der Waals surface area contributed by atoms with Gasteiger partial charge in [-0.05, 0) is 29.3 Å². The average Bonchev–Trinajstić information content (AvgIpc) is 2.79. The molecule has 2 N–H and O–H groups in total. The molecule has 3 rings (SSSR count). The fraction of sp³-hybridized carbons (Fsp3) is 0.208. The van der Waals surface area contributed by atoms with Gasteiger partial charge < -0.3 is 14.8 Å². The second kappa shape index (κ2) is 10.9. The van der Waals surface area contributed by atoms with Crippen molar-refractivity contribution >= 4 is 28.8 Å². The first kappa shape index (κ1) is 22.0. The standard InChI is InChI=1S/C24H25N3O4/c1-17-7-9-18(10-8-17)16-31-22-12-11-19-5-3-4-6-20(19)21(22)15-26-27-24(29)23(28)25-13-14-30-2/h3-12,15H,13-14,16H2,1-2H3,(H,25,28)(H,27,29)/b26-15-. The molecule has 2 amide bonds. The van der Waals surface area contributed by atoms with E-state index in [4.69, 9.17) is 9.47 Å². The van der Waals surface area contributed by atoms with Crippen molar-refractivity contribution in [2.45, 2.75) is 13.5 Å². The molecule has 0 spiro atoms. The highest BCUT2D eigenvalue weighted by atomic mass is 16.5. The Morgan fingerprint density at radius 1 is 1.00 bits per heavy atom. The lowest BCUT2D eigenvalue weighted by atomic mass is 10.0. The van der Waals surface area contributed by atoms with Crippen LogP contribution in [-0.4, -0.2) is 38.3 Å². The number of carbonyl (C=O) groups is 2. The van der Waals surface area contributed by atoms with Gasteiger partial charge in [0.15, 0.2) is 0 Å². The summed E-state index contributed by atoms with van der Waals surface area (Å²) in [4.78, 5) is 23.7. The summed E-state index contributed by atoms with van der Waals surface area (Å²) in [6, 6.07) is 19.8. The van der Waals surface area contributed by atoms with Gasteiger partial charge in [-0.25, -0.2) is 5.43 Å². The first-order chi connectivity index (χ1) is 15.1. The molecule has 31 heavy (non-hydrogen) atoms. The molecular formula is C24H25N3O4. The number of benzene rings is 3. The molecule has 7 heteroatoms. The van der Waals surface area contributed by atoms with Crippen LogP contribution in [0, 0.1) is 6.92 Å². The van der Waals surface area contributed by atoms with E-state index in [0.29, 0.717) is 24.5 Å². The predicted octanol–water partition coefficient (Wildman–Crippen LogP) is 2.94. The van der Waals surface area contributed by atoms with E-state index in [0.717, 1.165) is 16.3 Å². The van der Waals surface area contributed by atoms with Crippen molar-refractivity contribution in [1.29, 1.82) is 0 Å². The average molecular weight is 419 g/mol. The fourth-order valence-electron chi connectivity index (χ4n) is 2.93. The maximum absolute atomic E-state index is 11.9. The Hall–Kier alpha value is -3.71. The van der Waals surface area contributed by atoms with Crippen LogP contribution in [-0.2, 0) is 20.9 Å². The third kappa shape index (κ3) is 6.13. The van der Waals surface area contributed by atoms with Gasteiger partial charge in [0.1, 0.15) is 12.4 Å². The van der Waals surface area contributed by atoms with E-state index in [-0.39, 0.29) is 6.54 Å². The first-order valence-electron chi connectivity index (χ1n) is 9.88. The van der Waals surface area contributed by atoms with E-state index in [1.165, 1.54) is 18.9 Å². The van der Waals surface area contributed by atoms with E-state index in [1.54, 1.807) is 0 Å². The summed E-state index contributed by atoms with van der Waals surface area (Å²) in [6.07, 6.45) is 1.49. The van der Waals surface area contributed by atoms with Crippen LogP contribution in [0.25, 0.3) is 10.8 Å². The van der Waals surface area contributed by atoms with Gasteiger partial charge in [0.2, 0.25) is 0 Å². The summed E-state index contributed by atoms with van der Waals surface area (Å²) >= 11 is 0. The zero-order valence-corrected chi connectivity index (χ0v) is 17.6. The van der Waals surface area contributed by atoms with Crippen LogP contribution in [0.5, 0.6) is 5.75 Å². The zero-order valence-electron chi connectivity index (χ0n) is 17.6. The number of nitrogens with zero attached hydrogens (tertiary/aromatic N) is 1. The van der Waals surface area contributed by atoms with Gasteiger partial charge in [-0.2, -0.15) is 5.10 Å². The quantitative estimate of drug-likeness (QED) is 0.254. The number of nitrogens with one attached hydrogen (secondary N) is 2. The maximum Gasteiger partial charge on any atom is 0.329 e. The summed E-state index contributed by atoms with van der Waals surface area (Å²) < 4.78 is 10.9. The van der Waals surface area contributed by atoms with E-state index in [1.807, 2.05) is 67.6 Å². The lowest BCUT2D eigenvalue weighted by molar-refractivity contribution is -0.139. The maximum atomic E-state index is 11.9. The highest BCUT2D eigenvalue weighted by Gasteiger charge is 2.12. The van der Waals surface area contributed by atoms with Crippen molar-refractivity contribution in [3.63, 3.8) is 0 Å². The van der Waals surface area contributed by atoms with Gasteiger partial charge >= 0.3 is 11.8 Å². The Bertz CT molecular complexity index is 1080. The number of hydrogen-bond donors (Lipinski definition) is 2. The second-order valence-electron chi connectivity index (χ2n) is 6.92. The number of carbonyl (C=O) groups excluding carboxylic acids is 2. The number of aryl methyl sites for hydroxylation is 1. The number of fused-ring (bicyclic) bond motifs is 1. The van der Waals surface area contributed by atoms with E-state index in [9.17, 15) is 9.59 Å². The number of ether oxygens (including phenoxy) is 2. The van der Waals surface area contributed by atoms with Gasteiger partial charge in [-0.15, -0.1) is 0 Å². The van der Waals surface area contributed by atoms with Crippen LogP contribution in [0.4, 0.5) is 0 Å². The van der Waals surface area contributed by atoms with Crippen LogP contribution in [0.3, 0.4) is 0 Å². The number of hydrazone groups is 1. The molecule has 0 aliphatic carbocycles. The van der Waals surface area contributed by atoms with Crippen molar-refractivity contribution in [3.05, 3.63) is 77.4 Å². The predicted molar refractivity (Wildman–Crippen MR) is 120 cm³/mol. The van der Waals surface area contributed by atoms with Crippen LogP contribution < -0.4 is 15.5 Å². The number of rotatable bonds is 8. The number of amides is 2. The minimum atomic E-state index is -0.852. The monoisotopic (exact) mass is 419 g/mol. The molecule has 7 nitrogen and oxygen atoms in total. The van der Waals surface area contributed by atoms with Crippen molar-refractivity contribution in [2.24, 2.45) is 5.10 Å². The Balaban J connectivity index is 1.76. The SMILES string of the molecule is COCCNC(=O)C(=O)N/N=C\c1c(OCc2ccc(C)cc2)ccc2ccccc12. The van der Waals surface area contributed by atoms with Crippen molar-refractivity contribution in [2.75, 3.05) is 20.3 Å². The Morgan fingerprint density at radius 3 is 2.55 bits per heavy atom. The molecule has 160 valence electrons. The fourth-order valence-corrected chi connectivity index (χ4v) is 2.93. The lowest BCUT2D eigenvalue weighted by Gasteiger charge is -2.12. The molecule has 0 heterocycles. The summed E-state index contributed by atoms with van der Waals surface area (Å²) in [5.41, 5.74) is 5.19. The topological polar surface area (TPSA) is 89.0 Å². The summed E-state index contributed by atoms with van der Waals surface area (Å²) in [6.45, 7) is 3.00. The van der Waals surface area contributed by atoms with E-state index >= 15 is 0 Å². The van der Waals surface area contributed by atoms with Gasteiger partial charge in [0.25, 0.3) is 0 Å². The highest BCUT2D eigenvalue weighted by Crippen LogP contribution is 2.27. The van der Waals surface area contributed by atoms with Gasteiger partial charge in [0.05, 0.1) is 12.8 Å². The van der Waals surface area contributed by atoms with Crippen molar-refractivity contribution in [1.82, 2.24) is 10.7 Å². The molecule has 0 atom stereocenters. The second-order valence-corrected chi connectivity index (χ2v) is 6.92. The van der Waals surface area contributed by atoms with Crippen molar-refractivity contribution in [3.8, 4) is 5.75 Å². The largest absolute Gasteiger partial charge is 0.488 e. The molecule has 0 unspecified atom stereocenters. The molecule has 0 aromatic heterocycles. The summed E-state index contributed by atoms with van der Waals surface area (Å²) in [5.74, 6) is -1.00. The van der Waals surface area contributed by atoms with E-state index in [2.05, 4.69) is 15.8 Å². The summed E-state index contributed by atoms with van der Waals surface area (Å²) in [5, 5.41) is 8.34. The Labute approximate surface area is 181 Å². The number of methoxy groups -OCH3 is 1. The van der Waals surface area contributed by atoms with Crippen LogP contribution in [0.2, 0.25) is 0 Å².